The van der Waals surface area contributed by atoms with Crippen LogP contribution in [-0.4, -0.2) is 26.2 Å². The average Bonchev–Trinajstić information content (AvgIpc) is 2.42. The van der Waals surface area contributed by atoms with Crippen LogP contribution in [0.5, 0.6) is 0 Å². The van der Waals surface area contributed by atoms with Gasteiger partial charge in [-0.2, -0.15) is 0 Å². The Balaban J connectivity index is 0.000000171. The monoisotopic (exact) mass is 240 g/mol. The van der Waals surface area contributed by atoms with Crippen molar-refractivity contribution in [1.29, 1.82) is 0 Å². The lowest BCUT2D eigenvalue weighted by molar-refractivity contribution is 0.355. The standard InChI is InChI=1S/C8H17N.C7H15N/c1-2-4-8-5-3-6-9-7-8;1-2-7-4-3-5-8-6-7/h8-9H,2-7H2,1H3;7-8H,2-6H2,1H3. The Morgan fingerprint density at radius 3 is 1.82 bits per heavy atom. The van der Waals surface area contributed by atoms with Gasteiger partial charge in [0.1, 0.15) is 0 Å². The largest absolute Gasteiger partial charge is 0.316 e. The minimum absolute atomic E-state index is 0.976. The normalized spacial score (nSPS) is 29.3. The highest BCUT2D eigenvalue weighted by molar-refractivity contribution is 4.68. The molecule has 2 rings (SSSR count). The van der Waals surface area contributed by atoms with Crippen molar-refractivity contribution in [2.75, 3.05) is 26.2 Å². The van der Waals surface area contributed by atoms with E-state index in [0.29, 0.717) is 0 Å². The molecule has 0 radical (unpaired) electrons. The molecule has 2 saturated heterocycles. The lowest BCUT2D eigenvalue weighted by Gasteiger charge is -2.21. The summed E-state index contributed by atoms with van der Waals surface area (Å²) in [6, 6.07) is 0. The number of nitrogens with one attached hydrogen (secondary N) is 2. The summed E-state index contributed by atoms with van der Waals surface area (Å²) in [6.07, 6.45) is 9.82. The molecule has 0 aliphatic carbocycles. The molecule has 0 aromatic rings. The Morgan fingerprint density at radius 2 is 1.47 bits per heavy atom. The van der Waals surface area contributed by atoms with Crippen molar-refractivity contribution in [3.8, 4) is 0 Å². The van der Waals surface area contributed by atoms with Crippen molar-refractivity contribution in [3.63, 3.8) is 0 Å². The van der Waals surface area contributed by atoms with Gasteiger partial charge < -0.3 is 10.6 Å². The van der Waals surface area contributed by atoms with Crippen molar-refractivity contribution in [2.45, 2.75) is 58.8 Å². The maximum Gasteiger partial charge on any atom is -0.00205 e. The van der Waals surface area contributed by atoms with Crippen molar-refractivity contribution in [1.82, 2.24) is 10.6 Å². The molecule has 2 unspecified atom stereocenters. The molecule has 2 aliphatic rings. The van der Waals surface area contributed by atoms with Gasteiger partial charge in [0.25, 0.3) is 0 Å². The fourth-order valence-electron chi connectivity index (χ4n) is 2.85. The van der Waals surface area contributed by atoms with Crippen LogP contribution in [0.1, 0.15) is 58.8 Å². The summed E-state index contributed by atoms with van der Waals surface area (Å²) in [5.41, 5.74) is 0. The van der Waals surface area contributed by atoms with Crippen LogP contribution in [0.15, 0.2) is 0 Å². The van der Waals surface area contributed by atoms with E-state index < -0.39 is 0 Å². The van der Waals surface area contributed by atoms with Crippen LogP contribution >= 0.6 is 0 Å². The van der Waals surface area contributed by atoms with E-state index in [4.69, 9.17) is 0 Å². The minimum atomic E-state index is 0.976. The van der Waals surface area contributed by atoms with Crippen LogP contribution in [-0.2, 0) is 0 Å². The fourth-order valence-corrected chi connectivity index (χ4v) is 2.85. The van der Waals surface area contributed by atoms with Crippen LogP contribution in [0, 0.1) is 11.8 Å². The Morgan fingerprint density at radius 1 is 0.882 bits per heavy atom. The molecule has 2 N–H and O–H groups in total. The van der Waals surface area contributed by atoms with E-state index >= 15 is 0 Å². The first kappa shape index (κ1) is 15.0. The Kier molecular flexibility index (Phi) is 8.72. The number of rotatable bonds is 3. The Hall–Kier alpha value is -0.0800. The number of piperidine rings is 2. The van der Waals surface area contributed by atoms with Crippen LogP contribution < -0.4 is 10.6 Å². The molecule has 17 heavy (non-hydrogen) atoms. The minimum Gasteiger partial charge on any atom is -0.316 e. The zero-order valence-corrected chi connectivity index (χ0v) is 11.9. The molecule has 2 aliphatic heterocycles. The topological polar surface area (TPSA) is 24.1 Å². The average molecular weight is 240 g/mol. The molecule has 2 heteroatoms. The molecule has 0 amide bonds. The molecule has 102 valence electrons. The maximum absolute atomic E-state index is 3.42. The van der Waals surface area contributed by atoms with Gasteiger partial charge in [0, 0.05) is 0 Å². The summed E-state index contributed by atoms with van der Waals surface area (Å²) >= 11 is 0. The van der Waals surface area contributed by atoms with Gasteiger partial charge in [0.2, 0.25) is 0 Å². The fraction of sp³-hybridized carbons (Fsp3) is 1.00. The van der Waals surface area contributed by atoms with Gasteiger partial charge in [-0.15, -0.1) is 0 Å². The predicted octanol–water partition coefficient (Wildman–Crippen LogP) is 3.18. The van der Waals surface area contributed by atoms with Gasteiger partial charge in [-0.1, -0.05) is 26.7 Å². The second-order valence-corrected chi connectivity index (χ2v) is 5.62. The highest BCUT2D eigenvalue weighted by Crippen LogP contribution is 2.14. The summed E-state index contributed by atoms with van der Waals surface area (Å²) in [5, 5.41) is 6.81. The van der Waals surface area contributed by atoms with Crippen molar-refractivity contribution in [3.05, 3.63) is 0 Å². The quantitative estimate of drug-likeness (QED) is 0.792. The van der Waals surface area contributed by atoms with Gasteiger partial charge in [-0.05, 0) is 70.1 Å². The number of hydrogen-bond acceptors (Lipinski definition) is 2. The third kappa shape index (κ3) is 7.05. The van der Waals surface area contributed by atoms with Gasteiger partial charge in [-0.3, -0.25) is 0 Å². The second kappa shape index (κ2) is 9.90. The van der Waals surface area contributed by atoms with Gasteiger partial charge in [0.15, 0.2) is 0 Å². The smallest absolute Gasteiger partial charge is 0.00205 e. The lowest BCUT2D eigenvalue weighted by Crippen LogP contribution is -2.29. The van der Waals surface area contributed by atoms with Crippen LogP contribution in [0.2, 0.25) is 0 Å². The molecule has 2 heterocycles. The maximum atomic E-state index is 3.42. The van der Waals surface area contributed by atoms with E-state index in [1.54, 1.807) is 0 Å². The predicted molar refractivity (Wildman–Crippen MR) is 76.4 cm³/mol. The first-order valence-corrected chi connectivity index (χ1v) is 7.78. The molecule has 0 bridgehead atoms. The molecule has 0 spiro atoms. The zero-order valence-electron chi connectivity index (χ0n) is 11.9. The first-order valence-electron chi connectivity index (χ1n) is 7.78. The van der Waals surface area contributed by atoms with Gasteiger partial charge in [-0.25, -0.2) is 0 Å². The number of hydrogen-bond donors (Lipinski definition) is 2. The Labute approximate surface area is 108 Å². The van der Waals surface area contributed by atoms with Crippen molar-refractivity contribution < 1.29 is 0 Å². The highest BCUT2D eigenvalue weighted by Gasteiger charge is 2.10. The van der Waals surface area contributed by atoms with Crippen molar-refractivity contribution in [2.24, 2.45) is 11.8 Å². The summed E-state index contributed by atoms with van der Waals surface area (Å²) < 4.78 is 0. The molecular weight excluding hydrogens is 208 g/mol. The highest BCUT2D eigenvalue weighted by atomic mass is 14.9. The summed E-state index contributed by atoms with van der Waals surface area (Å²) in [5.74, 6) is 1.97. The van der Waals surface area contributed by atoms with Crippen LogP contribution in [0.3, 0.4) is 0 Å². The molecule has 2 fully saturated rings. The van der Waals surface area contributed by atoms with Crippen molar-refractivity contribution >= 4 is 0 Å². The third-order valence-corrected chi connectivity index (χ3v) is 4.07. The SMILES string of the molecule is CCC1CCCNC1.CCCC1CCCNC1. The molecule has 0 aromatic heterocycles. The van der Waals surface area contributed by atoms with Crippen LogP contribution in [0.4, 0.5) is 0 Å². The van der Waals surface area contributed by atoms with E-state index in [9.17, 15) is 0 Å². The van der Waals surface area contributed by atoms with Crippen LogP contribution in [0.25, 0.3) is 0 Å². The first-order chi connectivity index (χ1) is 8.36. The lowest BCUT2D eigenvalue weighted by atomic mass is 9.95. The summed E-state index contributed by atoms with van der Waals surface area (Å²) in [4.78, 5) is 0. The summed E-state index contributed by atoms with van der Waals surface area (Å²) in [7, 11) is 0. The zero-order chi connectivity index (χ0) is 12.3. The van der Waals surface area contributed by atoms with E-state index in [1.807, 2.05) is 0 Å². The second-order valence-electron chi connectivity index (χ2n) is 5.62. The van der Waals surface area contributed by atoms with Gasteiger partial charge in [0.05, 0.1) is 0 Å². The Bertz CT molecular complexity index is 156. The van der Waals surface area contributed by atoms with E-state index in [1.165, 1.54) is 71.1 Å². The third-order valence-electron chi connectivity index (χ3n) is 4.07. The van der Waals surface area contributed by atoms with E-state index in [0.717, 1.165) is 11.8 Å². The summed E-state index contributed by atoms with van der Waals surface area (Å²) in [6.45, 7) is 9.58. The molecular formula is C15H32N2. The van der Waals surface area contributed by atoms with E-state index in [2.05, 4.69) is 24.5 Å². The molecule has 2 atom stereocenters. The molecule has 2 nitrogen and oxygen atoms in total. The molecule has 0 aromatic carbocycles. The van der Waals surface area contributed by atoms with E-state index in [-0.39, 0.29) is 0 Å². The molecule has 0 saturated carbocycles. The van der Waals surface area contributed by atoms with Gasteiger partial charge >= 0.3 is 0 Å².